The van der Waals surface area contributed by atoms with Gasteiger partial charge in [-0.15, -0.1) is 0 Å². The number of nitrogens with zero attached hydrogens (tertiary/aromatic N) is 2. The number of rotatable bonds is 3. The van der Waals surface area contributed by atoms with Crippen molar-refractivity contribution in [3.8, 4) is 0 Å². The number of para-hydroxylation sites is 1. The largest absolute Gasteiger partial charge is 0.481 e. The molecule has 1 aliphatic rings. The molecule has 1 heterocycles. The van der Waals surface area contributed by atoms with E-state index in [1.807, 2.05) is 44.2 Å². The maximum Gasteiger partial charge on any atom is 0.324 e. The molecule has 0 aromatic heterocycles. The summed E-state index contributed by atoms with van der Waals surface area (Å²) >= 11 is 0. The molecule has 21 heavy (non-hydrogen) atoms. The number of carbonyl (C=O) groups excluding carboxylic acids is 1. The quantitative estimate of drug-likeness (QED) is 0.931. The third-order valence-corrected chi connectivity index (χ3v) is 4.53. The predicted molar refractivity (Wildman–Crippen MR) is 81.3 cm³/mol. The Bertz CT molecular complexity index is 530. The summed E-state index contributed by atoms with van der Waals surface area (Å²) < 4.78 is 0. The van der Waals surface area contributed by atoms with Crippen molar-refractivity contribution in [1.82, 2.24) is 4.90 Å². The van der Waals surface area contributed by atoms with Crippen molar-refractivity contribution in [1.29, 1.82) is 0 Å². The van der Waals surface area contributed by atoms with E-state index in [0.717, 1.165) is 5.69 Å². The SMILES string of the molecule is CC(C)C1(C(=O)O)CCN(C(=O)N(C)c2ccccc2)C1. The van der Waals surface area contributed by atoms with Crippen LogP contribution in [0.15, 0.2) is 30.3 Å². The average molecular weight is 290 g/mol. The molecule has 1 aliphatic heterocycles. The highest BCUT2D eigenvalue weighted by Crippen LogP contribution is 2.38. The van der Waals surface area contributed by atoms with Crippen LogP contribution in [0.25, 0.3) is 0 Å². The summed E-state index contributed by atoms with van der Waals surface area (Å²) in [4.78, 5) is 27.4. The van der Waals surface area contributed by atoms with E-state index in [0.29, 0.717) is 13.0 Å². The summed E-state index contributed by atoms with van der Waals surface area (Å²) in [7, 11) is 1.72. The number of carbonyl (C=O) groups is 2. The van der Waals surface area contributed by atoms with E-state index in [-0.39, 0.29) is 18.5 Å². The van der Waals surface area contributed by atoms with Crippen molar-refractivity contribution >= 4 is 17.7 Å². The number of aliphatic carboxylic acids is 1. The first-order valence-corrected chi connectivity index (χ1v) is 7.19. The Morgan fingerprint density at radius 1 is 1.29 bits per heavy atom. The molecule has 1 aromatic carbocycles. The molecule has 2 amide bonds. The van der Waals surface area contributed by atoms with Gasteiger partial charge >= 0.3 is 12.0 Å². The highest BCUT2D eigenvalue weighted by atomic mass is 16.4. The molecule has 0 radical (unpaired) electrons. The molecule has 0 bridgehead atoms. The zero-order valence-electron chi connectivity index (χ0n) is 12.7. The van der Waals surface area contributed by atoms with Crippen LogP contribution >= 0.6 is 0 Å². The van der Waals surface area contributed by atoms with Crippen molar-refractivity contribution in [2.45, 2.75) is 20.3 Å². The van der Waals surface area contributed by atoms with Gasteiger partial charge in [-0.3, -0.25) is 9.69 Å². The number of carboxylic acids is 1. The van der Waals surface area contributed by atoms with Crippen molar-refractivity contribution < 1.29 is 14.7 Å². The highest BCUT2D eigenvalue weighted by Gasteiger charge is 2.48. The standard InChI is InChI=1S/C16H22N2O3/c1-12(2)16(14(19)20)9-10-18(11-16)15(21)17(3)13-7-5-4-6-8-13/h4-8,12H,9-11H2,1-3H3,(H,19,20). The molecular formula is C16H22N2O3. The molecule has 2 rings (SSSR count). The fraction of sp³-hybridized carbons (Fsp3) is 0.500. The van der Waals surface area contributed by atoms with Crippen molar-refractivity contribution in [2.75, 3.05) is 25.0 Å². The number of carboxylic acid groups (broad SMARTS) is 1. The fourth-order valence-corrected chi connectivity index (χ4v) is 2.86. The summed E-state index contributed by atoms with van der Waals surface area (Å²) in [6.07, 6.45) is 0.508. The molecule has 1 aromatic rings. The molecule has 1 saturated heterocycles. The van der Waals surface area contributed by atoms with E-state index in [1.54, 1.807) is 16.8 Å². The molecule has 0 saturated carbocycles. The third-order valence-electron chi connectivity index (χ3n) is 4.53. The minimum atomic E-state index is -0.826. The molecule has 1 unspecified atom stereocenters. The van der Waals surface area contributed by atoms with Crippen LogP contribution in [0.2, 0.25) is 0 Å². The molecule has 114 valence electrons. The predicted octanol–water partition coefficient (Wildman–Crippen LogP) is 2.68. The van der Waals surface area contributed by atoms with Crippen LogP contribution in [-0.4, -0.2) is 42.1 Å². The second-order valence-corrected chi connectivity index (χ2v) is 5.96. The summed E-state index contributed by atoms with van der Waals surface area (Å²) in [6, 6.07) is 9.22. The fourth-order valence-electron chi connectivity index (χ4n) is 2.86. The number of anilines is 1. The number of hydrogen-bond donors (Lipinski definition) is 1. The number of hydrogen-bond acceptors (Lipinski definition) is 2. The lowest BCUT2D eigenvalue weighted by Gasteiger charge is -2.30. The van der Waals surface area contributed by atoms with Gasteiger partial charge in [0.25, 0.3) is 0 Å². The Hall–Kier alpha value is -2.04. The van der Waals surface area contributed by atoms with Crippen molar-refractivity contribution in [3.63, 3.8) is 0 Å². The second kappa shape index (κ2) is 5.76. The Labute approximate surface area is 125 Å². The maximum atomic E-state index is 12.5. The normalized spacial score (nSPS) is 21.6. The average Bonchev–Trinajstić information content (AvgIpc) is 2.93. The van der Waals surface area contributed by atoms with E-state index in [4.69, 9.17) is 0 Å². The Morgan fingerprint density at radius 2 is 1.90 bits per heavy atom. The van der Waals surface area contributed by atoms with Gasteiger partial charge in [-0.1, -0.05) is 32.0 Å². The second-order valence-electron chi connectivity index (χ2n) is 5.96. The van der Waals surface area contributed by atoms with Crippen molar-refractivity contribution in [3.05, 3.63) is 30.3 Å². The smallest absolute Gasteiger partial charge is 0.324 e. The van der Waals surface area contributed by atoms with Crippen LogP contribution in [0.1, 0.15) is 20.3 Å². The number of benzene rings is 1. The molecule has 5 heteroatoms. The van der Waals surface area contributed by atoms with E-state index in [9.17, 15) is 14.7 Å². The topological polar surface area (TPSA) is 60.9 Å². The summed E-state index contributed by atoms with van der Waals surface area (Å²) in [6.45, 7) is 4.57. The number of likely N-dealkylation sites (tertiary alicyclic amines) is 1. The van der Waals surface area contributed by atoms with Gasteiger partial charge in [0, 0.05) is 25.8 Å². The van der Waals surface area contributed by atoms with E-state index in [2.05, 4.69) is 0 Å². The van der Waals surface area contributed by atoms with Gasteiger partial charge in [0.15, 0.2) is 0 Å². The van der Waals surface area contributed by atoms with Crippen LogP contribution in [0.5, 0.6) is 0 Å². The molecule has 1 fully saturated rings. The lowest BCUT2D eigenvalue weighted by Crippen LogP contribution is -2.44. The minimum Gasteiger partial charge on any atom is -0.481 e. The monoisotopic (exact) mass is 290 g/mol. The summed E-state index contributed by atoms with van der Waals surface area (Å²) in [5.74, 6) is -0.815. The molecular weight excluding hydrogens is 268 g/mol. The van der Waals surface area contributed by atoms with Crippen LogP contribution in [-0.2, 0) is 4.79 Å². The van der Waals surface area contributed by atoms with Crippen LogP contribution in [0.4, 0.5) is 10.5 Å². The van der Waals surface area contributed by atoms with Gasteiger partial charge in [0.1, 0.15) is 0 Å². The van der Waals surface area contributed by atoms with Crippen LogP contribution in [0, 0.1) is 11.3 Å². The molecule has 1 N–H and O–H groups in total. The van der Waals surface area contributed by atoms with Gasteiger partial charge in [-0.2, -0.15) is 0 Å². The lowest BCUT2D eigenvalue weighted by atomic mass is 9.76. The van der Waals surface area contributed by atoms with Gasteiger partial charge < -0.3 is 10.0 Å². The number of urea groups is 1. The molecule has 0 spiro atoms. The summed E-state index contributed by atoms with van der Waals surface area (Å²) in [5.41, 5.74) is -0.0208. The van der Waals surface area contributed by atoms with Crippen LogP contribution in [0.3, 0.4) is 0 Å². The zero-order chi connectivity index (χ0) is 15.6. The maximum absolute atomic E-state index is 12.5. The van der Waals surface area contributed by atoms with Gasteiger partial charge in [-0.25, -0.2) is 4.79 Å². The Kier molecular flexibility index (Phi) is 4.21. The lowest BCUT2D eigenvalue weighted by molar-refractivity contribution is -0.150. The highest BCUT2D eigenvalue weighted by molar-refractivity contribution is 5.92. The molecule has 0 aliphatic carbocycles. The van der Waals surface area contributed by atoms with Crippen molar-refractivity contribution in [2.24, 2.45) is 11.3 Å². The van der Waals surface area contributed by atoms with Crippen LogP contribution < -0.4 is 4.90 Å². The molecule has 5 nitrogen and oxygen atoms in total. The Morgan fingerprint density at radius 3 is 2.38 bits per heavy atom. The summed E-state index contributed by atoms with van der Waals surface area (Å²) in [5, 5.41) is 9.54. The first kappa shape index (κ1) is 15.4. The third kappa shape index (κ3) is 2.73. The van der Waals surface area contributed by atoms with E-state index in [1.165, 1.54) is 0 Å². The van der Waals surface area contributed by atoms with Gasteiger partial charge in [0.2, 0.25) is 0 Å². The molecule has 1 atom stereocenters. The first-order chi connectivity index (χ1) is 9.88. The first-order valence-electron chi connectivity index (χ1n) is 7.19. The van der Waals surface area contributed by atoms with E-state index >= 15 is 0 Å². The van der Waals surface area contributed by atoms with Gasteiger partial charge in [-0.05, 0) is 24.5 Å². The zero-order valence-corrected chi connectivity index (χ0v) is 12.7. The van der Waals surface area contributed by atoms with E-state index < -0.39 is 11.4 Å². The van der Waals surface area contributed by atoms with Gasteiger partial charge in [0.05, 0.1) is 5.41 Å². The number of amides is 2. The minimum absolute atomic E-state index is 0.00479. The Balaban J connectivity index is 2.14.